The van der Waals surface area contributed by atoms with E-state index in [1.165, 1.54) is 0 Å². The van der Waals surface area contributed by atoms with Crippen molar-refractivity contribution in [3.05, 3.63) is 53.5 Å². The van der Waals surface area contributed by atoms with Gasteiger partial charge in [-0.3, -0.25) is 4.79 Å². The second-order valence-corrected chi connectivity index (χ2v) is 5.85. The minimum atomic E-state index is -0.0373. The maximum Gasteiger partial charge on any atom is 0.226 e. The quantitative estimate of drug-likeness (QED) is 0.874. The lowest BCUT2D eigenvalue weighted by Gasteiger charge is -2.21. The molecular weight excluding hydrogens is 278 g/mol. The molecule has 0 fully saturated rings. The van der Waals surface area contributed by atoms with Crippen molar-refractivity contribution in [1.29, 1.82) is 0 Å². The zero-order valence-corrected chi connectivity index (χ0v) is 13.0. The van der Waals surface area contributed by atoms with E-state index in [9.17, 15) is 4.79 Å². The van der Waals surface area contributed by atoms with Crippen LogP contribution in [0.4, 0.5) is 0 Å². The van der Waals surface area contributed by atoms with Gasteiger partial charge in [0.05, 0.1) is 13.2 Å². The summed E-state index contributed by atoms with van der Waals surface area (Å²) in [6, 6.07) is 11.8. The second-order valence-electron chi connectivity index (χ2n) is 5.85. The van der Waals surface area contributed by atoms with Gasteiger partial charge in [0.2, 0.25) is 5.91 Å². The fraction of sp³-hybridized carbons (Fsp3) is 0.389. The predicted octanol–water partition coefficient (Wildman–Crippen LogP) is 3.19. The van der Waals surface area contributed by atoms with Gasteiger partial charge >= 0.3 is 0 Å². The summed E-state index contributed by atoms with van der Waals surface area (Å²) < 4.78 is 11.3. The van der Waals surface area contributed by atoms with Crippen LogP contribution in [-0.2, 0) is 17.8 Å². The van der Waals surface area contributed by atoms with E-state index in [2.05, 4.69) is 0 Å². The van der Waals surface area contributed by atoms with Crippen LogP contribution in [0.1, 0.15) is 23.5 Å². The maximum atomic E-state index is 12.7. The Kier molecular flexibility index (Phi) is 4.18. The Morgan fingerprint density at radius 2 is 2.09 bits per heavy atom. The number of nitrogens with zero attached hydrogens (tertiary/aromatic N) is 1. The molecule has 116 valence electrons. The molecule has 4 nitrogen and oxygen atoms in total. The van der Waals surface area contributed by atoms with Gasteiger partial charge in [0, 0.05) is 13.0 Å². The highest BCUT2D eigenvalue weighted by Gasteiger charge is 2.26. The minimum Gasteiger partial charge on any atom is -0.493 e. The molecule has 0 bridgehead atoms. The van der Waals surface area contributed by atoms with Crippen molar-refractivity contribution >= 4 is 5.91 Å². The molecule has 3 rings (SSSR count). The van der Waals surface area contributed by atoms with Gasteiger partial charge in [-0.05, 0) is 43.5 Å². The van der Waals surface area contributed by atoms with Crippen LogP contribution in [0.25, 0.3) is 0 Å². The van der Waals surface area contributed by atoms with E-state index < -0.39 is 0 Å². The molecular formula is C18H21NO3. The third-order valence-electron chi connectivity index (χ3n) is 4.08. The number of carbonyl (C=O) groups is 1. The molecule has 0 saturated carbocycles. The Morgan fingerprint density at radius 3 is 2.86 bits per heavy atom. The second kappa shape index (κ2) is 6.26. The highest BCUT2D eigenvalue weighted by molar-refractivity contribution is 5.79. The van der Waals surface area contributed by atoms with Crippen LogP contribution in [0.3, 0.4) is 0 Å². The first-order valence-corrected chi connectivity index (χ1v) is 7.64. The summed E-state index contributed by atoms with van der Waals surface area (Å²) in [5.74, 6) is 2.70. The van der Waals surface area contributed by atoms with Crippen molar-refractivity contribution in [2.24, 2.45) is 5.92 Å². The zero-order valence-electron chi connectivity index (χ0n) is 13.0. The Hall–Kier alpha value is -2.23. The molecule has 22 heavy (non-hydrogen) atoms. The van der Waals surface area contributed by atoms with E-state index in [-0.39, 0.29) is 11.8 Å². The molecule has 0 unspecified atom stereocenters. The van der Waals surface area contributed by atoms with Crippen LogP contribution >= 0.6 is 0 Å². The van der Waals surface area contributed by atoms with Gasteiger partial charge in [0.25, 0.3) is 0 Å². The fourth-order valence-corrected chi connectivity index (χ4v) is 2.90. The summed E-state index contributed by atoms with van der Waals surface area (Å²) in [5.41, 5.74) is 1.11. The maximum absolute atomic E-state index is 12.7. The van der Waals surface area contributed by atoms with Crippen molar-refractivity contribution < 1.29 is 13.9 Å². The molecule has 0 aliphatic carbocycles. The Labute approximate surface area is 130 Å². The average molecular weight is 299 g/mol. The van der Waals surface area contributed by atoms with Crippen molar-refractivity contribution in [1.82, 2.24) is 4.90 Å². The zero-order chi connectivity index (χ0) is 15.5. The molecule has 2 heterocycles. The average Bonchev–Trinajstić information content (AvgIpc) is 2.80. The lowest BCUT2D eigenvalue weighted by atomic mass is 9.95. The van der Waals surface area contributed by atoms with E-state index >= 15 is 0 Å². The van der Waals surface area contributed by atoms with Crippen molar-refractivity contribution in [2.45, 2.75) is 26.3 Å². The number of rotatable bonds is 3. The molecule has 0 spiro atoms. The molecule has 1 aliphatic rings. The van der Waals surface area contributed by atoms with Crippen LogP contribution in [0.2, 0.25) is 0 Å². The van der Waals surface area contributed by atoms with Crippen LogP contribution in [0.5, 0.6) is 5.75 Å². The van der Waals surface area contributed by atoms with Crippen LogP contribution in [0, 0.1) is 12.8 Å². The van der Waals surface area contributed by atoms with Crippen LogP contribution < -0.4 is 4.74 Å². The predicted molar refractivity (Wildman–Crippen MR) is 83.7 cm³/mol. The number of para-hydroxylation sites is 1. The summed E-state index contributed by atoms with van der Waals surface area (Å²) in [6.45, 7) is 3.00. The Bertz CT molecular complexity index is 662. The number of benzene rings is 1. The first-order chi connectivity index (χ1) is 10.6. The highest BCUT2D eigenvalue weighted by Crippen LogP contribution is 2.27. The topological polar surface area (TPSA) is 42.7 Å². The number of amides is 1. The van der Waals surface area contributed by atoms with Gasteiger partial charge in [-0.25, -0.2) is 0 Å². The van der Waals surface area contributed by atoms with E-state index in [4.69, 9.17) is 9.15 Å². The summed E-state index contributed by atoms with van der Waals surface area (Å²) in [5, 5.41) is 0. The third kappa shape index (κ3) is 3.16. The van der Waals surface area contributed by atoms with Gasteiger partial charge in [-0.15, -0.1) is 0 Å². The minimum absolute atomic E-state index is 0.0373. The van der Waals surface area contributed by atoms with Gasteiger partial charge in [-0.1, -0.05) is 18.2 Å². The molecule has 1 aromatic heterocycles. The third-order valence-corrected chi connectivity index (χ3v) is 4.08. The molecule has 0 radical (unpaired) electrons. The van der Waals surface area contributed by atoms with Crippen LogP contribution in [0.15, 0.2) is 40.8 Å². The number of carbonyl (C=O) groups excluding carboxylic acids is 1. The van der Waals surface area contributed by atoms with Gasteiger partial charge in [0.15, 0.2) is 0 Å². The standard InChI is InChI=1S/C18H21NO3/c1-13-7-8-16(22-13)12-19(2)18(20)15-9-10-21-17-6-4-3-5-14(17)11-15/h3-8,15H,9-12H2,1-2H3/t15-/m0/s1. The molecule has 1 aliphatic heterocycles. The Balaban J connectivity index is 1.69. The van der Waals surface area contributed by atoms with Gasteiger partial charge < -0.3 is 14.1 Å². The molecule has 2 aromatic rings. The number of ether oxygens (including phenoxy) is 1. The van der Waals surface area contributed by atoms with Gasteiger partial charge in [0.1, 0.15) is 17.3 Å². The van der Waals surface area contributed by atoms with Crippen molar-refractivity contribution in [3.63, 3.8) is 0 Å². The molecule has 1 aromatic carbocycles. The number of fused-ring (bicyclic) bond motifs is 1. The summed E-state index contributed by atoms with van der Waals surface area (Å²) in [7, 11) is 1.83. The molecule has 1 atom stereocenters. The summed E-state index contributed by atoms with van der Waals surface area (Å²) >= 11 is 0. The van der Waals surface area contributed by atoms with Crippen molar-refractivity contribution in [2.75, 3.05) is 13.7 Å². The van der Waals surface area contributed by atoms with Gasteiger partial charge in [-0.2, -0.15) is 0 Å². The summed E-state index contributed by atoms with van der Waals surface area (Å²) in [6.07, 6.45) is 1.48. The Morgan fingerprint density at radius 1 is 1.27 bits per heavy atom. The fourth-order valence-electron chi connectivity index (χ4n) is 2.90. The highest BCUT2D eigenvalue weighted by atomic mass is 16.5. The van der Waals surface area contributed by atoms with E-state index in [0.29, 0.717) is 13.2 Å². The van der Waals surface area contributed by atoms with E-state index in [0.717, 1.165) is 35.7 Å². The lowest BCUT2D eigenvalue weighted by Crippen LogP contribution is -2.33. The normalized spacial score (nSPS) is 17.3. The number of hydrogen-bond acceptors (Lipinski definition) is 3. The lowest BCUT2D eigenvalue weighted by molar-refractivity contribution is -0.135. The monoisotopic (exact) mass is 299 g/mol. The SMILES string of the molecule is Cc1ccc(CN(C)C(=O)[C@H]2CCOc3ccccc3C2)o1. The van der Waals surface area contributed by atoms with E-state index in [1.807, 2.05) is 50.4 Å². The largest absolute Gasteiger partial charge is 0.493 e. The molecule has 4 heteroatoms. The smallest absolute Gasteiger partial charge is 0.226 e. The number of furan rings is 1. The first kappa shape index (κ1) is 14.7. The first-order valence-electron chi connectivity index (χ1n) is 7.64. The van der Waals surface area contributed by atoms with Crippen LogP contribution in [-0.4, -0.2) is 24.5 Å². The van der Waals surface area contributed by atoms with Crippen molar-refractivity contribution in [3.8, 4) is 5.75 Å². The number of hydrogen-bond donors (Lipinski definition) is 0. The molecule has 0 saturated heterocycles. The molecule has 1 amide bonds. The van der Waals surface area contributed by atoms with E-state index in [1.54, 1.807) is 4.90 Å². The number of aryl methyl sites for hydroxylation is 1. The molecule has 0 N–H and O–H groups in total. The summed E-state index contributed by atoms with van der Waals surface area (Å²) in [4.78, 5) is 14.4.